The van der Waals surface area contributed by atoms with Crippen LogP contribution in [0.15, 0.2) is 24.4 Å². The topological polar surface area (TPSA) is 103 Å². The van der Waals surface area contributed by atoms with Gasteiger partial charge in [-0.15, -0.1) is 11.3 Å². The summed E-state index contributed by atoms with van der Waals surface area (Å²) in [5.74, 6) is 1.26. The van der Waals surface area contributed by atoms with Crippen molar-refractivity contribution < 1.29 is 23.7 Å². The van der Waals surface area contributed by atoms with E-state index in [2.05, 4.69) is 16.4 Å². The lowest BCUT2D eigenvalue weighted by Gasteiger charge is -2.16. The van der Waals surface area contributed by atoms with Crippen LogP contribution >= 0.6 is 11.3 Å². The first-order chi connectivity index (χ1) is 15.0. The quantitative estimate of drug-likeness (QED) is 0.487. The van der Waals surface area contributed by atoms with Gasteiger partial charge in [-0.1, -0.05) is 0 Å². The number of pyridine rings is 1. The van der Waals surface area contributed by atoms with Gasteiger partial charge in [-0.3, -0.25) is 4.79 Å². The van der Waals surface area contributed by atoms with E-state index in [1.807, 2.05) is 6.07 Å². The molecular formula is C22H23N3O5S. The minimum absolute atomic E-state index is 0.226. The molecule has 0 saturated heterocycles. The molecule has 1 N–H and O–H groups in total. The van der Waals surface area contributed by atoms with Crippen molar-refractivity contribution in [3.63, 3.8) is 0 Å². The zero-order valence-electron chi connectivity index (χ0n) is 17.8. The molecular weight excluding hydrogens is 418 g/mol. The van der Waals surface area contributed by atoms with E-state index in [4.69, 9.17) is 18.9 Å². The Bertz CT molecular complexity index is 1110. The fourth-order valence-corrected chi connectivity index (χ4v) is 4.24. The second-order valence-electron chi connectivity index (χ2n) is 6.56. The molecule has 1 aromatic carbocycles. The first kappa shape index (κ1) is 22.2. The minimum Gasteiger partial charge on any atom is -0.493 e. The van der Waals surface area contributed by atoms with Gasteiger partial charge < -0.3 is 24.3 Å². The number of ether oxygens (including phenoxy) is 4. The van der Waals surface area contributed by atoms with E-state index in [1.54, 1.807) is 39.7 Å². The summed E-state index contributed by atoms with van der Waals surface area (Å²) in [5.41, 5.74) is 1.74. The number of hydrogen-bond donors (Lipinski definition) is 1. The lowest BCUT2D eigenvalue weighted by molar-refractivity contribution is -0.140. The van der Waals surface area contributed by atoms with Gasteiger partial charge in [0.05, 0.1) is 39.7 Å². The highest BCUT2D eigenvalue weighted by atomic mass is 32.1. The molecule has 0 spiro atoms. The summed E-state index contributed by atoms with van der Waals surface area (Å²) in [6, 6.07) is 7.75. The number of nitriles is 1. The van der Waals surface area contributed by atoms with Crippen LogP contribution in [0.2, 0.25) is 0 Å². The van der Waals surface area contributed by atoms with Crippen molar-refractivity contribution in [3.05, 3.63) is 34.8 Å². The van der Waals surface area contributed by atoms with Gasteiger partial charge in [0, 0.05) is 40.7 Å². The maximum Gasteiger partial charge on any atom is 0.305 e. The molecule has 162 valence electrons. The summed E-state index contributed by atoms with van der Waals surface area (Å²) in [5, 5.41) is 13.8. The van der Waals surface area contributed by atoms with Gasteiger partial charge in [-0.05, 0) is 18.9 Å². The summed E-state index contributed by atoms with van der Waals surface area (Å²) in [7, 11) is 6.02. The number of carbonyl (C=O) groups excluding carboxylic acids is 1. The molecule has 3 rings (SSSR count). The van der Waals surface area contributed by atoms with Crippen LogP contribution in [0, 0.1) is 11.3 Å². The van der Waals surface area contributed by atoms with Crippen molar-refractivity contribution >= 4 is 38.9 Å². The summed E-state index contributed by atoms with van der Waals surface area (Å²) in [4.78, 5) is 17.7. The highest BCUT2D eigenvalue weighted by molar-refractivity contribution is 7.18. The largest absolute Gasteiger partial charge is 0.493 e. The molecule has 2 aromatic heterocycles. The second kappa shape index (κ2) is 10.00. The van der Waals surface area contributed by atoms with Gasteiger partial charge in [-0.25, -0.2) is 4.98 Å². The average molecular weight is 442 g/mol. The second-order valence-corrected chi connectivity index (χ2v) is 7.67. The predicted molar refractivity (Wildman–Crippen MR) is 119 cm³/mol. The molecule has 0 aliphatic heterocycles. The molecule has 9 heteroatoms. The van der Waals surface area contributed by atoms with E-state index in [0.717, 1.165) is 21.5 Å². The number of hydrogen-bond acceptors (Lipinski definition) is 9. The van der Waals surface area contributed by atoms with E-state index in [9.17, 15) is 10.1 Å². The Hall–Kier alpha value is -3.51. The zero-order valence-corrected chi connectivity index (χ0v) is 18.6. The maximum atomic E-state index is 11.4. The maximum absolute atomic E-state index is 11.4. The number of rotatable bonds is 9. The normalized spacial score (nSPS) is 10.4. The fourth-order valence-electron chi connectivity index (χ4n) is 3.19. The minimum atomic E-state index is -0.226. The molecule has 0 radical (unpaired) electrons. The van der Waals surface area contributed by atoms with Crippen molar-refractivity contribution in [2.45, 2.75) is 19.3 Å². The van der Waals surface area contributed by atoms with Gasteiger partial charge in [0.2, 0.25) is 5.75 Å². The standard InChI is InChI=1S/C22H23N3O5S/c1-27-17-8-14(9-18(28-2)21(17)30-4)25-20-13(11-23)12-24-22-16(20)10-15(31-22)6-5-7-19(26)29-3/h8-10,12H,5-7H2,1-4H3,(H,24,25). The van der Waals surface area contributed by atoms with Crippen LogP contribution in [-0.4, -0.2) is 39.4 Å². The van der Waals surface area contributed by atoms with E-state index < -0.39 is 0 Å². The summed E-state index contributed by atoms with van der Waals surface area (Å²) >= 11 is 1.54. The van der Waals surface area contributed by atoms with Crippen LogP contribution in [0.3, 0.4) is 0 Å². The van der Waals surface area contributed by atoms with E-state index in [0.29, 0.717) is 47.0 Å². The molecule has 0 aliphatic carbocycles. The van der Waals surface area contributed by atoms with E-state index in [-0.39, 0.29) is 5.97 Å². The summed E-state index contributed by atoms with van der Waals surface area (Å²) in [6.07, 6.45) is 3.32. The number of fused-ring (bicyclic) bond motifs is 1. The number of benzene rings is 1. The number of carbonyl (C=O) groups is 1. The summed E-state index contributed by atoms with van der Waals surface area (Å²) < 4.78 is 20.9. The van der Waals surface area contributed by atoms with Crippen LogP contribution in [-0.2, 0) is 16.0 Å². The number of nitrogens with one attached hydrogen (secondary N) is 1. The highest BCUT2D eigenvalue weighted by Gasteiger charge is 2.17. The third-order valence-electron chi connectivity index (χ3n) is 4.70. The number of esters is 1. The lowest BCUT2D eigenvalue weighted by atomic mass is 10.1. The third kappa shape index (κ3) is 4.81. The van der Waals surface area contributed by atoms with Crippen LogP contribution in [0.4, 0.5) is 11.4 Å². The molecule has 0 fully saturated rings. The number of nitrogens with zero attached hydrogens (tertiary/aromatic N) is 2. The molecule has 3 aromatic rings. The van der Waals surface area contributed by atoms with Gasteiger partial charge in [0.15, 0.2) is 11.5 Å². The van der Waals surface area contributed by atoms with Gasteiger partial charge in [0.1, 0.15) is 10.9 Å². The van der Waals surface area contributed by atoms with Gasteiger partial charge in [-0.2, -0.15) is 5.26 Å². The Labute approximate surface area is 184 Å². The first-order valence-corrected chi connectivity index (χ1v) is 10.3. The van der Waals surface area contributed by atoms with Crippen LogP contribution in [0.1, 0.15) is 23.3 Å². The van der Waals surface area contributed by atoms with Crippen molar-refractivity contribution in [1.82, 2.24) is 4.98 Å². The predicted octanol–water partition coefficient (Wildman–Crippen LogP) is 4.43. The first-order valence-electron chi connectivity index (χ1n) is 9.50. The molecule has 2 heterocycles. The van der Waals surface area contributed by atoms with E-state index >= 15 is 0 Å². The number of thiophene rings is 1. The van der Waals surface area contributed by atoms with Crippen LogP contribution in [0.25, 0.3) is 10.2 Å². The zero-order chi connectivity index (χ0) is 22.4. The van der Waals surface area contributed by atoms with Gasteiger partial charge >= 0.3 is 5.97 Å². The number of methoxy groups -OCH3 is 4. The van der Waals surface area contributed by atoms with Crippen molar-refractivity contribution in [3.8, 4) is 23.3 Å². The Morgan fingerprint density at radius 2 is 1.84 bits per heavy atom. The smallest absolute Gasteiger partial charge is 0.305 e. The Balaban J connectivity index is 1.97. The Morgan fingerprint density at radius 3 is 2.42 bits per heavy atom. The van der Waals surface area contributed by atoms with Crippen molar-refractivity contribution in [2.24, 2.45) is 0 Å². The summed E-state index contributed by atoms with van der Waals surface area (Å²) in [6.45, 7) is 0. The lowest BCUT2D eigenvalue weighted by Crippen LogP contribution is -2.00. The average Bonchev–Trinajstić information content (AvgIpc) is 3.21. The molecule has 0 amide bonds. The van der Waals surface area contributed by atoms with Gasteiger partial charge in [0.25, 0.3) is 0 Å². The number of aromatic nitrogens is 1. The fraction of sp³-hybridized carbons (Fsp3) is 0.318. The van der Waals surface area contributed by atoms with Crippen LogP contribution in [0.5, 0.6) is 17.2 Å². The molecule has 31 heavy (non-hydrogen) atoms. The SMILES string of the molecule is COC(=O)CCCc1cc2c(Nc3cc(OC)c(OC)c(OC)c3)c(C#N)cnc2s1. The Morgan fingerprint density at radius 1 is 1.13 bits per heavy atom. The number of anilines is 2. The molecule has 0 unspecified atom stereocenters. The van der Waals surface area contributed by atoms with Crippen LogP contribution < -0.4 is 19.5 Å². The Kier molecular flexibility index (Phi) is 7.15. The monoisotopic (exact) mass is 441 g/mol. The molecule has 0 atom stereocenters. The molecule has 0 saturated carbocycles. The highest BCUT2D eigenvalue weighted by Crippen LogP contribution is 2.42. The molecule has 0 bridgehead atoms. The van der Waals surface area contributed by atoms with Crippen molar-refractivity contribution in [1.29, 1.82) is 5.26 Å². The van der Waals surface area contributed by atoms with E-state index in [1.165, 1.54) is 18.4 Å². The third-order valence-corrected chi connectivity index (χ3v) is 5.80. The molecule has 8 nitrogen and oxygen atoms in total. The van der Waals surface area contributed by atoms with Crippen molar-refractivity contribution in [2.75, 3.05) is 33.8 Å². The molecule has 0 aliphatic rings. The number of aryl methyl sites for hydroxylation is 1.